The van der Waals surface area contributed by atoms with Gasteiger partial charge < -0.3 is 5.11 Å². The minimum atomic E-state index is -1.20. The Labute approximate surface area is 66.9 Å². The van der Waals surface area contributed by atoms with Crippen molar-refractivity contribution in [2.24, 2.45) is 0 Å². The number of nitrogens with zero attached hydrogens (tertiary/aromatic N) is 1. The van der Waals surface area contributed by atoms with E-state index >= 15 is 0 Å². The van der Waals surface area contributed by atoms with E-state index in [4.69, 9.17) is 9.94 Å². The van der Waals surface area contributed by atoms with Gasteiger partial charge in [0.05, 0.1) is 0 Å². The van der Waals surface area contributed by atoms with Crippen molar-refractivity contribution < 1.29 is 19.4 Å². The van der Waals surface area contributed by atoms with Crippen LogP contribution in [0.2, 0.25) is 0 Å². The molecule has 66 valence electrons. The molecule has 0 atom stereocenters. The predicted molar refractivity (Wildman–Crippen MR) is 41.0 cm³/mol. The van der Waals surface area contributed by atoms with Crippen molar-refractivity contribution in [2.75, 3.05) is 19.6 Å². The molecule has 0 aliphatic heterocycles. The molecule has 0 aromatic heterocycles. The fourth-order valence-electron chi connectivity index (χ4n) is 1.03. The monoisotopic (exact) mass is 162 g/mol. The number of hydroxylamine groups is 3. The highest BCUT2D eigenvalue weighted by Crippen LogP contribution is 2.06. The van der Waals surface area contributed by atoms with Crippen LogP contribution in [-0.2, 0) is 4.84 Å². The SMILES string of the molecule is CC[N+](CC)(CC)OC(=O)O. The van der Waals surface area contributed by atoms with Gasteiger partial charge in [0.25, 0.3) is 0 Å². The molecule has 4 nitrogen and oxygen atoms in total. The molecule has 0 bridgehead atoms. The molecular formula is C7H16NO3+. The molecule has 4 heteroatoms. The van der Waals surface area contributed by atoms with E-state index in [1.54, 1.807) is 0 Å². The van der Waals surface area contributed by atoms with Crippen LogP contribution < -0.4 is 0 Å². The molecule has 0 aromatic rings. The summed E-state index contributed by atoms with van der Waals surface area (Å²) in [5, 5.41) is 8.40. The van der Waals surface area contributed by atoms with Crippen LogP contribution >= 0.6 is 0 Å². The van der Waals surface area contributed by atoms with Gasteiger partial charge in [0.15, 0.2) is 0 Å². The van der Waals surface area contributed by atoms with E-state index in [1.165, 1.54) is 0 Å². The van der Waals surface area contributed by atoms with E-state index in [-0.39, 0.29) is 4.65 Å². The Kier molecular flexibility index (Phi) is 3.89. The first-order valence-corrected chi connectivity index (χ1v) is 3.88. The number of hydrogen-bond acceptors (Lipinski definition) is 2. The number of hydrogen-bond donors (Lipinski definition) is 1. The van der Waals surface area contributed by atoms with E-state index in [0.717, 1.165) is 0 Å². The molecule has 0 radical (unpaired) electrons. The Balaban J connectivity index is 4.16. The first-order valence-electron chi connectivity index (χ1n) is 3.88. The zero-order valence-corrected chi connectivity index (χ0v) is 7.33. The normalized spacial score (nSPS) is 11.2. The number of carbonyl (C=O) groups is 1. The van der Waals surface area contributed by atoms with Crippen LogP contribution in [0.15, 0.2) is 0 Å². The Bertz CT molecular complexity index is 123. The molecule has 0 saturated carbocycles. The predicted octanol–water partition coefficient (Wildman–Crippen LogP) is 1.47. The maximum Gasteiger partial charge on any atom is 0.557 e. The maximum atomic E-state index is 10.3. The van der Waals surface area contributed by atoms with E-state index in [2.05, 4.69) is 0 Å². The molecule has 0 heterocycles. The molecule has 1 N–H and O–H groups in total. The van der Waals surface area contributed by atoms with E-state index in [0.29, 0.717) is 19.6 Å². The third-order valence-electron chi connectivity index (χ3n) is 2.00. The molecule has 0 aromatic carbocycles. The summed E-state index contributed by atoms with van der Waals surface area (Å²) in [5.74, 6) is 0. The van der Waals surface area contributed by atoms with Gasteiger partial charge in [-0.3, -0.25) is 0 Å². The van der Waals surface area contributed by atoms with Gasteiger partial charge in [0.1, 0.15) is 19.6 Å². The number of quaternary nitrogens is 1. The van der Waals surface area contributed by atoms with Gasteiger partial charge in [0, 0.05) is 0 Å². The molecule has 0 spiro atoms. The molecule has 0 rings (SSSR count). The fourth-order valence-corrected chi connectivity index (χ4v) is 1.03. The van der Waals surface area contributed by atoms with Crippen LogP contribution in [0, 0.1) is 0 Å². The molecule has 0 aliphatic rings. The third kappa shape index (κ3) is 2.76. The Morgan fingerprint density at radius 3 is 1.73 bits per heavy atom. The van der Waals surface area contributed by atoms with Crippen LogP contribution in [0.1, 0.15) is 20.8 Å². The second-order valence-corrected chi connectivity index (χ2v) is 2.36. The summed E-state index contributed by atoms with van der Waals surface area (Å²) >= 11 is 0. The van der Waals surface area contributed by atoms with Crippen LogP contribution in [0.4, 0.5) is 4.79 Å². The summed E-state index contributed by atoms with van der Waals surface area (Å²) in [5.41, 5.74) is 0. The molecule has 0 aliphatic carbocycles. The van der Waals surface area contributed by atoms with E-state index in [9.17, 15) is 4.79 Å². The zero-order chi connectivity index (χ0) is 8.91. The lowest BCUT2D eigenvalue weighted by atomic mass is 10.5. The smallest absolute Gasteiger partial charge is 0.446 e. The first kappa shape index (κ1) is 10.2. The highest BCUT2D eigenvalue weighted by molar-refractivity contribution is 5.55. The van der Waals surface area contributed by atoms with Gasteiger partial charge >= 0.3 is 6.16 Å². The van der Waals surface area contributed by atoms with E-state index in [1.807, 2.05) is 20.8 Å². The molecule has 11 heavy (non-hydrogen) atoms. The number of rotatable bonds is 4. The topological polar surface area (TPSA) is 46.5 Å². The minimum Gasteiger partial charge on any atom is -0.446 e. The van der Waals surface area contributed by atoms with Gasteiger partial charge in [-0.05, 0) is 20.8 Å². The van der Waals surface area contributed by atoms with Gasteiger partial charge in [0.2, 0.25) is 0 Å². The van der Waals surface area contributed by atoms with Crippen molar-refractivity contribution in [3.05, 3.63) is 0 Å². The summed E-state index contributed by atoms with van der Waals surface area (Å²) < 4.78 is 0.190. The summed E-state index contributed by atoms with van der Waals surface area (Å²) in [6, 6.07) is 0. The lowest BCUT2D eigenvalue weighted by Gasteiger charge is -2.29. The van der Waals surface area contributed by atoms with Gasteiger partial charge in [-0.15, -0.1) is 4.65 Å². The van der Waals surface area contributed by atoms with Gasteiger partial charge in [-0.1, -0.05) is 0 Å². The maximum absolute atomic E-state index is 10.3. The molecule has 0 saturated heterocycles. The van der Waals surface area contributed by atoms with Crippen molar-refractivity contribution in [3.63, 3.8) is 0 Å². The Hall–Kier alpha value is -0.770. The fraction of sp³-hybridized carbons (Fsp3) is 0.857. The lowest BCUT2D eigenvalue weighted by molar-refractivity contribution is -1.09. The summed E-state index contributed by atoms with van der Waals surface area (Å²) in [6.45, 7) is 7.78. The second kappa shape index (κ2) is 4.18. The Morgan fingerprint density at radius 1 is 1.27 bits per heavy atom. The molecule has 0 unspecified atom stereocenters. The summed E-state index contributed by atoms with van der Waals surface area (Å²) in [7, 11) is 0. The largest absolute Gasteiger partial charge is 0.557 e. The Morgan fingerprint density at radius 2 is 1.64 bits per heavy atom. The van der Waals surface area contributed by atoms with Crippen molar-refractivity contribution in [3.8, 4) is 0 Å². The van der Waals surface area contributed by atoms with E-state index < -0.39 is 6.16 Å². The minimum absolute atomic E-state index is 0.190. The van der Waals surface area contributed by atoms with Crippen molar-refractivity contribution in [1.29, 1.82) is 0 Å². The average molecular weight is 162 g/mol. The first-order chi connectivity index (χ1) is 5.10. The molecular weight excluding hydrogens is 146 g/mol. The van der Waals surface area contributed by atoms with Gasteiger partial charge in [-0.25, -0.2) is 4.84 Å². The highest BCUT2D eigenvalue weighted by Gasteiger charge is 2.26. The van der Waals surface area contributed by atoms with Crippen LogP contribution in [0.5, 0.6) is 0 Å². The van der Waals surface area contributed by atoms with Crippen LogP contribution in [0.25, 0.3) is 0 Å². The molecule has 0 amide bonds. The average Bonchev–Trinajstić information content (AvgIpc) is 2.00. The van der Waals surface area contributed by atoms with Crippen molar-refractivity contribution in [1.82, 2.24) is 0 Å². The van der Waals surface area contributed by atoms with Crippen LogP contribution in [0.3, 0.4) is 0 Å². The van der Waals surface area contributed by atoms with Gasteiger partial charge in [-0.2, -0.15) is 4.79 Å². The summed E-state index contributed by atoms with van der Waals surface area (Å²) in [6.07, 6.45) is -1.20. The number of carboxylic acid groups (broad SMARTS) is 1. The standard InChI is InChI=1S/C7H15NO3/c1-4-8(5-2,6-3)11-7(9)10/h4-6H2,1-3H3/p+1. The second-order valence-electron chi connectivity index (χ2n) is 2.36. The highest BCUT2D eigenvalue weighted by atomic mass is 16.8. The molecule has 0 fully saturated rings. The van der Waals surface area contributed by atoms with Crippen molar-refractivity contribution in [2.45, 2.75) is 20.8 Å². The van der Waals surface area contributed by atoms with Crippen molar-refractivity contribution >= 4 is 6.16 Å². The summed E-state index contributed by atoms with van der Waals surface area (Å²) in [4.78, 5) is 15.0. The zero-order valence-electron chi connectivity index (χ0n) is 7.33. The van der Waals surface area contributed by atoms with Crippen LogP contribution in [-0.4, -0.2) is 35.5 Å². The lowest BCUT2D eigenvalue weighted by Crippen LogP contribution is -2.48. The quantitative estimate of drug-likeness (QED) is 0.503. The third-order valence-corrected chi connectivity index (χ3v) is 2.00.